The third-order valence-corrected chi connectivity index (χ3v) is 4.05. The second kappa shape index (κ2) is 7.18. The SMILES string of the molecule is O=C(NCCCn1nnc2ccccc21)c1cc(-c2ccccc2)on1. The number of rotatable bonds is 6. The fraction of sp³-hybridized carbons (Fsp3) is 0.158. The van der Waals surface area contributed by atoms with E-state index in [4.69, 9.17) is 4.52 Å². The van der Waals surface area contributed by atoms with Crippen LogP contribution in [0.3, 0.4) is 0 Å². The lowest BCUT2D eigenvalue weighted by Crippen LogP contribution is -2.25. The van der Waals surface area contributed by atoms with Gasteiger partial charge in [-0.25, -0.2) is 4.68 Å². The van der Waals surface area contributed by atoms with Gasteiger partial charge in [0.2, 0.25) is 0 Å². The number of fused-ring (bicyclic) bond motifs is 1. The molecule has 2 heterocycles. The van der Waals surface area contributed by atoms with E-state index < -0.39 is 0 Å². The van der Waals surface area contributed by atoms with Gasteiger partial charge in [0.05, 0.1) is 5.52 Å². The van der Waals surface area contributed by atoms with Crippen LogP contribution in [0.4, 0.5) is 0 Å². The Kier molecular flexibility index (Phi) is 4.42. The maximum absolute atomic E-state index is 12.2. The van der Waals surface area contributed by atoms with Gasteiger partial charge in [-0.3, -0.25) is 4.79 Å². The summed E-state index contributed by atoms with van der Waals surface area (Å²) in [5.41, 5.74) is 3.02. The lowest BCUT2D eigenvalue weighted by molar-refractivity contribution is 0.0943. The Bertz CT molecular complexity index is 1020. The van der Waals surface area contributed by atoms with E-state index in [-0.39, 0.29) is 11.6 Å². The first-order valence-corrected chi connectivity index (χ1v) is 8.40. The molecule has 1 amide bonds. The third kappa shape index (κ3) is 3.32. The second-order valence-electron chi connectivity index (χ2n) is 5.85. The van der Waals surface area contributed by atoms with Crippen LogP contribution < -0.4 is 5.32 Å². The van der Waals surface area contributed by atoms with Crippen LogP contribution in [0.2, 0.25) is 0 Å². The van der Waals surface area contributed by atoms with Gasteiger partial charge >= 0.3 is 0 Å². The van der Waals surface area contributed by atoms with Crippen molar-refractivity contribution >= 4 is 16.9 Å². The van der Waals surface area contributed by atoms with E-state index >= 15 is 0 Å². The van der Waals surface area contributed by atoms with Crippen molar-refractivity contribution < 1.29 is 9.32 Å². The molecule has 7 heteroatoms. The van der Waals surface area contributed by atoms with Crippen LogP contribution in [-0.4, -0.2) is 32.6 Å². The Labute approximate surface area is 149 Å². The third-order valence-electron chi connectivity index (χ3n) is 4.05. The molecule has 0 bridgehead atoms. The zero-order chi connectivity index (χ0) is 17.8. The molecule has 130 valence electrons. The van der Waals surface area contributed by atoms with Gasteiger partial charge in [0.25, 0.3) is 5.91 Å². The molecule has 0 aliphatic carbocycles. The maximum Gasteiger partial charge on any atom is 0.273 e. The standard InChI is InChI=1S/C19H17N5O2/c25-19(16-13-18(26-22-16)14-7-2-1-3-8-14)20-11-6-12-24-17-10-5-4-9-15(17)21-23-24/h1-5,7-10,13H,6,11-12H2,(H,20,25). The molecule has 4 aromatic rings. The topological polar surface area (TPSA) is 85.8 Å². The fourth-order valence-corrected chi connectivity index (χ4v) is 2.72. The molecule has 0 fully saturated rings. The molecule has 7 nitrogen and oxygen atoms in total. The number of hydrogen-bond donors (Lipinski definition) is 1. The maximum atomic E-state index is 12.2. The van der Waals surface area contributed by atoms with Crippen molar-refractivity contribution in [3.63, 3.8) is 0 Å². The van der Waals surface area contributed by atoms with Crippen molar-refractivity contribution in [2.75, 3.05) is 6.54 Å². The van der Waals surface area contributed by atoms with Crippen LogP contribution in [0.5, 0.6) is 0 Å². The zero-order valence-electron chi connectivity index (χ0n) is 14.0. The Morgan fingerprint density at radius 3 is 2.77 bits per heavy atom. The number of nitrogens with one attached hydrogen (secondary N) is 1. The molecular weight excluding hydrogens is 330 g/mol. The number of amides is 1. The number of carbonyl (C=O) groups excluding carboxylic acids is 1. The summed E-state index contributed by atoms with van der Waals surface area (Å²) in [4.78, 5) is 12.2. The summed E-state index contributed by atoms with van der Waals surface area (Å²) in [6.45, 7) is 1.19. The van der Waals surface area contributed by atoms with Crippen molar-refractivity contribution in [1.29, 1.82) is 0 Å². The van der Waals surface area contributed by atoms with Crippen molar-refractivity contribution in [3.8, 4) is 11.3 Å². The summed E-state index contributed by atoms with van der Waals surface area (Å²) in [5, 5.41) is 14.9. The number of benzene rings is 2. The lowest BCUT2D eigenvalue weighted by Gasteiger charge is -2.03. The van der Waals surface area contributed by atoms with Crippen LogP contribution in [-0.2, 0) is 6.54 Å². The van der Waals surface area contributed by atoms with E-state index in [1.165, 1.54) is 0 Å². The minimum atomic E-state index is -0.251. The van der Waals surface area contributed by atoms with Crippen molar-refractivity contribution in [2.45, 2.75) is 13.0 Å². The van der Waals surface area contributed by atoms with E-state index in [0.29, 0.717) is 18.8 Å². The van der Waals surface area contributed by atoms with Crippen molar-refractivity contribution in [3.05, 3.63) is 66.4 Å². The highest BCUT2D eigenvalue weighted by Gasteiger charge is 2.13. The number of aryl methyl sites for hydroxylation is 1. The van der Waals surface area contributed by atoms with Gasteiger partial charge in [-0.05, 0) is 18.6 Å². The molecule has 1 N–H and O–H groups in total. The monoisotopic (exact) mass is 347 g/mol. The summed E-state index contributed by atoms with van der Waals surface area (Å²) in [7, 11) is 0. The van der Waals surface area contributed by atoms with Crippen LogP contribution in [0.1, 0.15) is 16.9 Å². The summed E-state index contributed by atoms with van der Waals surface area (Å²) in [6.07, 6.45) is 0.739. The summed E-state index contributed by atoms with van der Waals surface area (Å²) >= 11 is 0. The molecule has 0 saturated heterocycles. The van der Waals surface area contributed by atoms with Crippen LogP contribution in [0.15, 0.2) is 65.2 Å². The quantitative estimate of drug-likeness (QED) is 0.542. The molecule has 2 aromatic heterocycles. The molecule has 0 atom stereocenters. The molecule has 0 aliphatic heterocycles. The van der Waals surface area contributed by atoms with Gasteiger partial charge in [-0.15, -0.1) is 5.10 Å². The molecule has 0 unspecified atom stereocenters. The Balaban J connectivity index is 1.31. The predicted molar refractivity (Wildman–Crippen MR) is 96.4 cm³/mol. The highest BCUT2D eigenvalue weighted by atomic mass is 16.5. The Hall–Kier alpha value is -3.48. The second-order valence-corrected chi connectivity index (χ2v) is 5.85. The number of aromatic nitrogens is 4. The highest BCUT2D eigenvalue weighted by molar-refractivity contribution is 5.93. The highest BCUT2D eigenvalue weighted by Crippen LogP contribution is 2.19. The zero-order valence-corrected chi connectivity index (χ0v) is 14.0. The summed E-state index contributed by atoms with van der Waals surface area (Å²) < 4.78 is 7.09. The molecule has 0 saturated carbocycles. The van der Waals surface area contributed by atoms with Gasteiger partial charge in [-0.1, -0.05) is 52.8 Å². The van der Waals surface area contributed by atoms with E-state index in [1.54, 1.807) is 6.07 Å². The molecule has 0 aliphatic rings. The van der Waals surface area contributed by atoms with Crippen molar-refractivity contribution in [2.24, 2.45) is 0 Å². The average Bonchev–Trinajstić information content (AvgIpc) is 3.33. The Morgan fingerprint density at radius 2 is 1.88 bits per heavy atom. The molecule has 2 aromatic carbocycles. The largest absolute Gasteiger partial charge is 0.355 e. The predicted octanol–water partition coefficient (Wildman–Crippen LogP) is 2.91. The normalized spacial score (nSPS) is 10.9. The van der Waals surface area contributed by atoms with Gasteiger partial charge in [0.15, 0.2) is 11.5 Å². The van der Waals surface area contributed by atoms with E-state index in [0.717, 1.165) is 23.0 Å². The van der Waals surface area contributed by atoms with Crippen LogP contribution in [0, 0.1) is 0 Å². The Morgan fingerprint density at radius 1 is 1.08 bits per heavy atom. The van der Waals surface area contributed by atoms with E-state index in [1.807, 2.05) is 59.3 Å². The molecule has 0 spiro atoms. The first-order valence-electron chi connectivity index (χ1n) is 8.40. The molecular formula is C19H17N5O2. The number of nitrogens with zero attached hydrogens (tertiary/aromatic N) is 4. The fourth-order valence-electron chi connectivity index (χ4n) is 2.72. The number of carbonyl (C=O) groups is 1. The first kappa shape index (κ1) is 16.0. The van der Waals surface area contributed by atoms with Crippen molar-refractivity contribution in [1.82, 2.24) is 25.5 Å². The molecule has 0 radical (unpaired) electrons. The lowest BCUT2D eigenvalue weighted by atomic mass is 10.1. The van der Waals surface area contributed by atoms with E-state index in [2.05, 4.69) is 20.8 Å². The number of para-hydroxylation sites is 1. The number of hydrogen-bond acceptors (Lipinski definition) is 5. The minimum Gasteiger partial charge on any atom is -0.355 e. The van der Waals surface area contributed by atoms with Gasteiger partial charge < -0.3 is 9.84 Å². The van der Waals surface area contributed by atoms with Crippen LogP contribution in [0.25, 0.3) is 22.4 Å². The average molecular weight is 347 g/mol. The molecule has 26 heavy (non-hydrogen) atoms. The molecule has 4 rings (SSSR count). The van der Waals surface area contributed by atoms with Gasteiger partial charge in [-0.2, -0.15) is 0 Å². The van der Waals surface area contributed by atoms with E-state index in [9.17, 15) is 4.79 Å². The van der Waals surface area contributed by atoms with Gasteiger partial charge in [0, 0.05) is 24.7 Å². The minimum absolute atomic E-state index is 0.251. The summed E-state index contributed by atoms with van der Waals surface area (Å²) in [5.74, 6) is 0.323. The van der Waals surface area contributed by atoms with Crippen LogP contribution >= 0.6 is 0 Å². The van der Waals surface area contributed by atoms with Gasteiger partial charge in [0.1, 0.15) is 5.52 Å². The first-order chi connectivity index (χ1) is 12.8. The smallest absolute Gasteiger partial charge is 0.273 e. The summed E-state index contributed by atoms with van der Waals surface area (Å²) in [6, 6.07) is 19.0.